The van der Waals surface area contributed by atoms with Crippen LogP contribution in [0.15, 0.2) is 30.3 Å². The van der Waals surface area contributed by atoms with E-state index in [-0.39, 0.29) is 5.69 Å². The SMILES string of the molecule is CNc1cc([N+](=O)[O-])cc(Nc2ccc(OC)c(Cl)c2)n1. The van der Waals surface area contributed by atoms with E-state index in [1.54, 1.807) is 25.2 Å². The van der Waals surface area contributed by atoms with Gasteiger partial charge in [0.15, 0.2) is 0 Å². The average molecular weight is 309 g/mol. The van der Waals surface area contributed by atoms with Crippen LogP contribution in [-0.4, -0.2) is 24.1 Å². The molecule has 0 saturated heterocycles. The summed E-state index contributed by atoms with van der Waals surface area (Å²) in [6.45, 7) is 0. The fourth-order valence-electron chi connectivity index (χ4n) is 1.71. The molecule has 0 aliphatic rings. The van der Waals surface area contributed by atoms with Crippen LogP contribution in [0.3, 0.4) is 0 Å². The van der Waals surface area contributed by atoms with Crippen molar-refractivity contribution in [3.63, 3.8) is 0 Å². The van der Waals surface area contributed by atoms with Crippen LogP contribution in [0.25, 0.3) is 0 Å². The zero-order valence-corrected chi connectivity index (χ0v) is 12.1. The zero-order valence-electron chi connectivity index (χ0n) is 11.4. The summed E-state index contributed by atoms with van der Waals surface area (Å²) in [5.74, 6) is 1.28. The number of halogens is 1. The fourth-order valence-corrected chi connectivity index (χ4v) is 1.96. The predicted molar refractivity (Wildman–Crippen MR) is 81.7 cm³/mol. The maximum Gasteiger partial charge on any atom is 0.276 e. The van der Waals surface area contributed by atoms with Crippen molar-refractivity contribution in [2.24, 2.45) is 0 Å². The lowest BCUT2D eigenvalue weighted by Crippen LogP contribution is -2.00. The monoisotopic (exact) mass is 308 g/mol. The van der Waals surface area contributed by atoms with Gasteiger partial charge in [-0.15, -0.1) is 0 Å². The molecule has 0 saturated carbocycles. The molecule has 0 fully saturated rings. The molecule has 0 unspecified atom stereocenters. The van der Waals surface area contributed by atoms with Crippen molar-refractivity contribution in [3.05, 3.63) is 45.5 Å². The molecule has 110 valence electrons. The first-order valence-corrected chi connectivity index (χ1v) is 6.36. The summed E-state index contributed by atoms with van der Waals surface area (Å²) in [5, 5.41) is 17.1. The second kappa shape index (κ2) is 6.27. The number of aromatic nitrogens is 1. The van der Waals surface area contributed by atoms with Gasteiger partial charge in [-0.1, -0.05) is 11.6 Å². The molecule has 0 aliphatic carbocycles. The number of nitro groups is 1. The van der Waals surface area contributed by atoms with E-state index in [1.165, 1.54) is 19.2 Å². The van der Waals surface area contributed by atoms with E-state index in [4.69, 9.17) is 16.3 Å². The van der Waals surface area contributed by atoms with Crippen molar-refractivity contribution >= 4 is 34.6 Å². The van der Waals surface area contributed by atoms with Crippen LogP contribution < -0.4 is 15.4 Å². The third-order valence-electron chi connectivity index (χ3n) is 2.70. The number of nitrogens with zero attached hydrogens (tertiary/aromatic N) is 2. The third kappa shape index (κ3) is 3.51. The molecule has 0 spiro atoms. The minimum Gasteiger partial charge on any atom is -0.495 e. The molecule has 1 aromatic carbocycles. The molecular formula is C13H13ClN4O3. The highest BCUT2D eigenvalue weighted by molar-refractivity contribution is 6.32. The van der Waals surface area contributed by atoms with E-state index < -0.39 is 4.92 Å². The Hall–Kier alpha value is -2.54. The summed E-state index contributed by atoms with van der Waals surface area (Å²) in [7, 11) is 3.16. The van der Waals surface area contributed by atoms with Gasteiger partial charge >= 0.3 is 0 Å². The summed E-state index contributed by atoms with van der Waals surface area (Å²) in [4.78, 5) is 14.6. The quantitative estimate of drug-likeness (QED) is 0.649. The molecule has 1 aromatic heterocycles. The summed E-state index contributed by atoms with van der Waals surface area (Å²) < 4.78 is 5.06. The van der Waals surface area contributed by atoms with Gasteiger partial charge in [0.1, 0.15) is 17.4 Å². The Morgan fingerprint density at radius 3 is 2.57 bits per heavy atom. The lowest BCUT2D eigenvalue weighted by molar-refractivity contribution is -0.384. The molecule has 0 atom stereocenters. The summed E-state index contributed by atoms with van der Waals surface area (Å²) in [6, 6.07) is 7.79. The predicted octanol–water partition coefficient (Wildman–Crippen LogP) is 3.44. The lowest BCUT2D eigenvalue weighted by atomic mass is 10.3. The van der Waals surface area contributed by atoms with Crippen LogP contribution in [0.1, 0.15) is 0 Å². The Kier molecular flexibility index (Phi) is 4.44. The molecule has 0 bridgehead atoms. The number of methoxy groups -OCH3 is 1. The summed E-state index contributed by atoms with van der Waals surface area (Å²) >= 11 is 6.03. The van der Waals surface area contributed by atoms with Gasteiger partial charge in [0.05, 0.1) is 29.2 Å². The van der Waals surface area contributed by atoms with Crippen LogP contribution in [0, 0.1) is 10.1 Å². The number of hydrogen-bond donors (Lipinski definition) is 2. The maximum atomic E-state index is 10.9. The fraction of sp³-hybridized carbons (Fsp3) is 0.154. The van der Waals surface area contributed by atoms with E-state index in [2.05, 4.69) is 15.6 Å². The molecule has 21 heavy (non-hydrogen) atoms. The topological polar surface area (TPSA) is 89.3 Å². The van der Waals surface area contributed by atoms with E-state index >= 15 is 0 Å². The van der Waals surface area contributed by atoms with Gasteiger partial charge in [0, 0.05) is 12.7 Å². The Labute approximate surface area is 126 Å². The maximum absolute atomic E-state index is 10.9. The molecule has 2 rings (SSSR count). The first-order valence-electron chi connectivity index (χ1n) is 5.98. The Balaban J connectivity index is 2.32. The Bertz CT molecular complexity index is 678. The number of rotatable bonds is 5. The number of nitrogens with one attached hydrogen (secondary N) is 2. The van der Waals surface area contributed by atoms with E-state index in [1.807, 2.05) is 0 Å². The van der Waals surface area contributed by atoms with E-state index in [9.17, 15) is 10.1 Å². The van der Waals surface area contributed by atoms with Gasteiger partial charge in [-0.3, -0.25) is 10.1 Å². The van der Waals surface area contributed by atoms with Crippen molar-refractivity contribution in [1.29, 1.82) is 0 Å². The molecule has 1 heterocycles. The minimum atomic E-state index is -0.477. The van der Waals surface area contributed by atoms with Gasteiger partial charge in [-0.25, -0.2) is 4.98 Å². The highest BCUT2D eigenvalue weighted by atomic mass is 35.5. The van der Waals surface area contributed by atoms with Crippen LogP contribution in [0.5, 0.6) is 5.75 Å². The smallest absolute Gasteiger partial charge is 0.276 e. The molecule has 0 amide bonds. The molecule has 2 N–H and O–H groups in total. The average Bonchev–Trinajstić information content (AvgIpc) is 2.47. The number of ether oxygens (including phenoxy) is 1. The highest BCUT2D eigenvalue weighted by Crippen LogP contribution is 2.29. The second-order valence-corrected chi connectivity index (χ2v) is 4.48. The molecular weight excluding hydrogens is 296 g/mol. The molecule has 0 radical (unpaired) electrons. The number of anilines is 3. The molecule has 2 aromatic rings. The minimum absolute atomic E-state index is 0.0588. The van der Waals surface area contributed by atoms with Crippen LogP contribution in [-0.2, 0) is 0 Å². The normalized spacial score (nSPS) is 10.0. The van der Waals surface area contributed by atoms with Gasteiger partial charge < -0.3 is 15.4 Å². The largest absolute Gasteiger partial charge is 0.495 e. The first-order chi connectivity index (χ1) is 10.0. The van der Waals surface area contributed by atoms with Crippen molar-refractivity contribution < 1.29 is 9.66 Å². The van der Waals surface area contributed by atoms with Gasteiger partial charge in [0.2, 0.25) is 0 Å². The van der Waals surface area contributed by atoms with Crippen LogP contribution in [0.2, 0.25) is 5.02 Å². The van der Waals surface area contributed by atoms with Gasteiger partial charge in [-0.05, 0) is 18.2 Å². The standard InChI is InChI=1S/C13H13ClN4O3/c1-15-12-6-9(18(19)20)7-13(17-12)16-8-3-4-11(21-2)10(14)5-8/h3-7H,1-2H3,(H2,15,16,17). The summed E-state index contributed by atoms with van der Waals surface area (Å²) in [5.41, 5.74) is 0.590. The van der Waals surface area contributed by atoms with Crippen molar-refractivity contribution in [2.45, 2.75) is 0 Å². The number of benzene rings is 1. The van der Waals surface area contributed by atoms with Crippen molar-refractivity contribution in [3.8, 4) is 5.75 Å². The van der Waals surface area contributed by atoms with Gasteiger partial charge in [-0.2, -0.15) is 0 Å². The van der Waals surface area contributed by atoms with Crippen LogP contribution in [0.4, 0.5) is 23.0 Å². The number of hydrogen-bond acceptors (Lipinski definition) is 6. The Morgan fingerprint density at radius 1 is 1.29 bits per heavy atom. The van der Waals surface area contributed by atoms with E-state index in [0.29, 0.717) is 28.1 Å². The third-order valence-corrected chi connectivity index (χ3v) is 3.00. The number of pyridine rings is 1. The van der Waals surface area contributed by atoms with Gasteiger partial charge in [0.25, 0.3) is 5.69 Å². The molecule has 7 nitrogen and oxygen atoms in total. The molecule has 0 aliphatic heterocycles. The lowest BCUT2D eigenvalue weighted by Gasteiger charge is -2.09. The van der Waals surface area contributed by atoms with Crippen molar-refractivity contribution in [2.75, 3.05) is 24.8 Å². The zero-order chi connectivity index (χ0) is 15.4. The second-order valence-electron chi connectivity index (χ2n) is 4.08. The molecule has 8 heteroatoms. The van der Waals surface area contributed by atoms with E-state index in [0.717, 1.165) is 0 Å². The summed E-state index contributed by atoms with van der Waals surface area (Å²) in [6.07, 6.45) is 0. The van der Waals surface area contributed by atoms with Crippen molar-refractivity contribution in [1.82, 2.24) is 4.98 Å². The highest BCUT2D eigenvalue weighted by Gasteiger charge is 2.11. The van der Waals surface area contributed by atoms with Crippen LogP contribution >= 0.6 is 11.6 Å². The first kappa shape index (κ1) is 14.9. The Morgan fingerprint density at radius 2 is 2.00 bits per heavy atom.